The Morgan fingerprint density at radius 3 is 2.00 bits per heavy atom. The zero-order chi connectivity index (χ0) is 32.6. The molecule has 238 valence electrons. The third kappa shape index (κ3) is 9.54. The highest BCUT2D eigenvalue weighted by molar-refractivity contribution is 6.31. The van der Waals surface area contributed by atoms with Crippen LogP contribution in [0.3, 0.4) is 0 Å². The fourth-order valence-electron chi connectivity index (χ4n) is 5.28. The van der Waals surface area contributed by atoms with Crippen LogP contribution in [-0.4, -0.2) is 76.6 Å². The maximum Gasteiger partial charge on any atom is 0.408 e. The van der Waals surface area contributed by atoms with Crippen LogP contribution in [-0.2, 0) is 14.3 Å². The first-order chi connectivity index (χ1) is 21.4. The average molecular weight is 635 g/mol. The summed E-state index contributed by atoms with van der Waals surface area (Å²) >= 11 is 5.94. The van der Waals surface area contributed by atoms with Crippen LogP contribution >= 0.6 is 11.6 Å². The third-order valence-corrected chi connectivity index (χ3v) is 7.62. The molecule has 1 heterocycles. The normalized spacial score (nSPS) is 14.5. The predicted molar refractivity (Wildman–Crippen MR) is 172 cm³/mol. The molecule has 1 atom stereocenters. The fourth-order valence-corrected chi connectivity index (χ4v) is 5.45. The summed E-state index contributed by atoms with van der Waals surface area (Å²) in [6.45, 7) is 7.42. The van der Waals surface area contributed by atoms with Gasteiger partial charge < -0.3 is 25.4 Å². The highest BCUT2D eigenvalue weighted by Gasteiger charge is 2.30. The molecule has 45 heavy (non-hydrogen) atoms. The van der Waals surface area contributed by atoms with E-state index in [9.17, 15) is 24.3 Å². The Morgan fingerprint density at radius 1 is 0.889 bits per heavy atom. The van der Waals surface area contributed by atoms with Gasteiger partial charge in [0, 0.05) is 37.6 Å². The van der Waals surface area contributed by atoms with Crippen LogP contribution in [0.2, 0.25) is 5.02 Å². The summed E-state index contributed by atoms with van der Waals surface area (Å²) in [7, 11) is 0. The molecular weight excluding hydrogens is 596 g/mol. The second kappa shape index (κ2) is 15.0. The van der Waals surface area contributed by atoms with E-state index in [0.29, 0.717) is 26.2 Å². The lowest BCUT2D eigenvalue weighted by atomic mass is 9.96. The predicted octanol–water partition coefficient (Wildman–Crippen LogP) is 5.58. The summed E-state index contributed by atoms with van der Waals surface area (Å²) in [6, 6.07) is 23.5. The summed E-state index contributed by atoms with van der Waals surface area (Å²) in [5.74, 6) is -2.11. The van der Waals surface area contributed by atoms with Gasteiger partial charge in [-0.05, 0) is 56.5 Å². The van der Waals surface area contributed by atoms with Gasteiger partial charge in [0.2, 0.25) is 11.8 Å². The van der Waals surface area contributed by atoms with Crippen molar-refractivity contribution in [2.24, 2.45) is 0 Å². The number of nitrogens with one attached hydrogen (secondary N) is 2. The molecule has 1 fully saturated rings. The number of rotatable bonds is 10. The number of halogens is 1. The van der Waals surface area contributed by atoms with Gasteiger partial charge in [-0.2, -0.15) is 0 Å². The minimum absolute atomic E-state index is 0.0128. The fraction of sp³-hybridized carbons (Fsp3) is 0.353. The molecule has 0 bridgehead atoms. The first-order valence-electron chi connectivity index (χ1n) is 14.9. The van der Waals surface area contributed by atoms with Gasteiger partial charge in [-0.15, -0.1) is 0 Å². The first-order valence-corrected chi connectivity index (χ1v) is 15.2. The molecule has 3 aromatic carbocycles. The minimum atomic E-state index is -1.28. The van der Waals surface area contributed by atoms with Crippen LogP contribution in [0, 0.1) is 0 Å². The Hall–Kier alpha value is -4.41. The zero-order valence-electron chi connectivity index (χ0n) is 25.7. The van der Waals surface area contributed by atoms with E-state index in [1.807, 2.05) is 36.4 Å². The summed E-state index contributed by atoms with van der Waals surface area (Å²) in [5.41, 5.74) is 1.35. The number of amides is 3. The van der Waals surface area contributed by atoms with Crippen molar-refractivity contribution in [3.63, 3.8) is 0 Å². The van der Waals surface area contributed by atoms with Crippen molar-refractivity contribution in [1.29, 1.82) is 0 Å². The first kappa shape index (κ1) is 33.5. The number of piperazine rings is 1. The van der Waals surface area contributed by atoms with E-state index in [1.54, 1.807) is 25.7 Å². The molecule has 3 aromatic rings. The number of carbonyl (C=O) groups is 4. The molecule has 1 aliphatic heterocycles. The lowest BCUT2D eigenvalue weighted by Gasteiger charge is -2.40. The largest absolute Gasteiger partial charge is 0.478 e. The molecule has 1 unspecified atom stereocenters. The number of aromatic carboxylic acids is 1. The van der Waals surface area contributed by atoms with Gasteiger partial charge in [0.25, 0.3) is 0 Å². The van der Waals surface area contributed by atoms with Gasteiger partial charge in [0.05, 0.1) is 17.3 Å². The summed E-state index contributed by atoms with van der Waals surface area (Å²) in [5, 5.41) is 14.9. The van der Waals surface area contributed by atoms with Crippen molar-refractivity contribution >= 4 is 41.2 Å². The summed E-state index contributed by atoms with van der Waals surface area (Å²) in [6.07, 6.45) is -0.858. The molecule has 0 radical (unpaired) electrons. The van der Waals surface area contributed by atoms with Crippen LogP contribution in [0.5, 0.6) is 0 Å². The Bertz CT molecular complexity index is 1450. The van der Waals surface area contributed by atoms with Crippen molar-refractivity contribution in [2.75, 3.05) is 31.5 Å². The van der Waals surface area contributed by atoms with E-state index in [0.717, 1.165) is 0 Å². The van der Waals surface area contributed by atoms with E-state index in [1.165, 1.54) is 29.3 Å². The Morgan fingerprint density at radius 2 is 1.47 bits per heavy atom. The average Bonchev–Trinajstić information content (AvgIpc) is 3.00. The van der Waals surface area contributed by atoms with Crippen molar-refractivity contribution in [3.8, 4) is 0 Å². The van der Waals surface area contributed by atoms with Gasteiger partial charge in [-0.25, -0.2) is 9.59 Å². The molecule has 10 nitrogen and oxygen atoms in total. The number of hydrogen-bond donors (Lipinski definition) is 3. The second-order valence-electron chi connectivity index (χ2n) is 11.9. The van der Waals surface area contributed by atoms with Crippen molar-refractivity contribution in [1.82, 2.24) is 15.1 Å². The van der Waals surface area contributed by atoms with Crippen molar-refractivity contribution < 1.29 is 29.0 Å². The van der Waals surface area contributed by atoms with E-state index < -0.39 is 29.6 Å². The molecule has 0 aliphatic carbocycles. The van der Waals surface area contributed by atoms with E-state index in [-0.39, 0.29) is 41.1 Å². The molecule has 11 heteroatoms. The molecular formula is C34H39ClN4O6. The molecule has 0 saturated carbocycles. The van der Waals surface area contributed by atoms with E-state index in [2.05, 4.69) is 39.8 Å². The number of hydrogen-bond acceptors (Lipinski definition) is 6. The van der Waals surface area contributed by atoms with Crippen LogP contribution < -0.4 is 10.6 Å². The third-order valence-electron chi connectivity index (χ3n) is 7.39. The van der Waals surface area contributed by atoms with Gasteiger partial charge in [-0.3, -0.25) is 14.5 Å². The summed E-state index contributed by atoms with van der Waals surface area (Å²) in [4.78, 5) is 55.1. The lowest BCUT2D eigenvalue weighted by molar-refractivity contribution is -0.133. The van der Waals surface area contributed by atoms with Gasteiger partial charge >= 0.3 is 12.1 Å². The molecule has 4 rings (SSSR count). The van der Waals surface area contributed by atoms with Crippen LogP contribution in [0.25, 0.3) is 0 Å². The zero-order valence-corrected chi connectivity index (χ0v) is 26.4. The van der Waals surface area contributed by atoms with Crippen LogP contribution in [0.1, 0.15) is 61.1 Å². The Balaban J connectivity index is 1.42. The van der Waals surface area contributed by atoms with Crippen molar-refractivity contribution in [2.45, 2.75) is 51.3 Å². The molecule has 0 spiro atoms. The second-order valence-corrected chi connectivity index (χ2v) is 12.3. The number of benzene rings is 3. The number of ether oxygens (including phenoxy) is 1. The van der Waals surface area contributed by atoms with Gasteiger partial charge in [0.15, 0.2) is 0 Å². The standard InChI is InChI=1S/C34H39ClN4O6/c1-34(2,3)45-33(44)37-28(31(41)36-27-15-14-25(35)22-26(27)32(42)43)16-17-29(40)38-18-20-39(21-19-38)30(23-10-6-4-7-11-23)24-12-8-5-9-13-24/h4-15,22,28,30H,16-21H2,1-3H3,(H,36,41)(H,37,44)(H,42,43). The number of nitrogens with zero attached hydrogens (tertiary/aromatic N) is 2. The number of carboxylic acids is 1. The monoisotopic (exact) mass is 634 g/mol. The maximum atomic E-state index is 13.3. The van der Waals surface area contributed by atoms with Crippen LogP contribution in [0.15, 0.2) is 78.9 Å². The van der Waals surface area contributed by atoms with Gasteiger partial charge in [0.1, 0.15) is 11.6 Å². The van der Waals surface area contributed by atoms with Crippen molar-refractivity contribution in [3.05, 3.63) is 101 Å². The smallest absolute Gasteiger partial charge is 0.408 e. The van der Waals surface area contributed by atoms with Gasteiger partial charge in [-0.1, -0.05) is 72.3 Å². The molecule has 3 N–H and O–H groups in total. The lowest BCUT2D eigenvalue weighted by Crippen LogP contribution is -2.50. The maximum absolute atomic E-state index is 13.3. The summed E-state index contributed by atoms with van der Waals surface area (Å²) < 4.78 is 5.33. The topological polar surface area (TPSA) is 128 Å². The molecule has 3 amide bonds. The molecule has 0 aromatic heterocycles. The Kier molecular flexibility index (Phi) is 11.2. The van der Waals surface area contributed by atoms with E-state index in [4.69, 9.17) is 16.3 Å². The SMILES string of the molecule is CC(C)(C)OC(=O)NC(CCC(=O)N1CCN(C(c2ccccc2)c2ccccc2)CC1)C(=O)Nc1ccc(Cl)cc1C(=O)O. The quantitative estimate of drug-likeness (QED) is 0.265. The number of carboxylic acid groups (broad SMARTS) is 1. The highest BCUT2D eigenvalue weighted by Crippen LogP contribution is 2.29. The number of carbonyl (C=O) groups excluding carboxylic acids is 3. The minimum Gasteiger partial charge on any atom is -0.478 e. The number of anilines is 1. The van der Waals surface area contributed by atoms with Crippen LogP contribution in [0.4, 0.5) is 10.5 Å². The Labute approximate surface area is 268 Å². The molecule has 1 saturated heterocycles. The highest BCUT2D eigenvalue weighted by atomic mass is 35.5. The number of alkyl carbamates (subject to hydrolysis) is 1. The molecule has 1 aliphatic rings. The van der Waals surface area contributed by atoms with E-state index >= 15 is 0 Å².